The molecule has 0 amide bonds. The van der Waals surface area contributed by atoms with Crippen molar-refractivity contribution in [1.29, 1.82) is 0 Å². The first-order valence-corrected chi connectivity index (χ1v) is 7.05. The van der Waals surface area contributed by atoms with E-state index in [1.54, 1.807) is 4.68 Å². The summed E-state index contributed by atoms with van der Waals surface area (Å²) in [6.07, 6.45) is 4.66. The number of unbranched alkanes of at least 4 members (excludes halogenated alkanes) is 3. The lowest BCUT2D eigenvalue weighted by molar-refractivity contribution is 0.520. The highest BCUT2D eigenvalue weighted by Crippen LogP contribution is 2.40. The standard InChI is InChI=1S/C9H13BrCl3N3/c1-2-3-4-5-6-16-8(10)7(14-15-16)9(11,12)13/h2-6H2,1H3. The fourth-order valence-corrected chi connectivity index (χ4v) is 2.66. The van der Waals surface area contributed by atoms with Crippen molar-refractivity contribution in [2.45, 2.75) is 42.9 Å². The maximum Gasteiger partial charge on any atom is 0.237 e. The van der Waals surface area contributed by atoms with Gasteiger partial charge in [-0.2, -0.15) is 0 Å². The van der Waals surface area contributed by atoms with Crippen LogP contribution >= 0.6 is 50.7 Å². The van der Waals surface area contributed by atoms with E-state index >= 15 is 0 Å². The van der Waals surface area contributed by atoms with Gasteiger partial charge in [-0.25, -0.2) is 4.68 Å². The van der Waals surface area contributed by atoms with Gasteiger partial charge in [0.2, 0.25) is 3.79 Å². The van der Waals surface area contributed by atoms with E-state index in [-0.39, 0.29) is 0 Å². The molecule has 0 saturated carbocycles. The molecule has 0 bridgehead atoms. The first kappa shape index (κ1) is 14.6. The summed E-state index contributed by atoms with van der Waals surface area (Å²) >= 11 is 20.6. The fourth-order valence-electron chi connectivity index (χ4n) is 1.31. The summed E-state index contributed by atoms with van der Waals surface area (Å²) < 4.78 is 0.830. The van der Waals surface area contributed by atoms with Gasteiger partial charge in [0.1, 0.15) is 10.3 Å². The number of hydrogen-bond donors (Lipinski definition) is 0. The summed E-state index contributed by atoms with van der Waals surface area (Å²) in [5.41, 5.74) is 0.341. The topological polar surface area (TPSA) is 30.7 Å². The summed E-state index contributed by atoms with van der Waals surface area (Å²) in [4.78, 5) is 0. The molecule has 1 heterocycles. The van der Waals surface area contributed by atoms with E-state index in [1.165, 1.54) is 19.3 Å². The van der Waals surface area contributed by atoms with Gasteiger partial charge in [0.05, 0.1) is 0 Å². The highest BCUT2D eigenvalue weighted by atomic mass is 79.9. The molecule has 0 unspecified atom stereocenters. The normalized spacial score (nSPS) is 12.1. The van der Waals surface area contributed by atoms with E-state index < -0.39 is 3.79 Å². The van der Waals surface area contributed by atoms with Crippen LogP contribution in [-0.4, -0.2) is 15.0 Å². The van der Waals surface area contributed by atoms with Crippen LogP contribution in [0.2, 0.25) is 0 Å². The third-order valence-electron chi connectivity index (χ3n) is 2.17. The number of aromatic nitrogens is 3. The second-order valence-electron chi connectivity index (χ2n) is 3.51. The minimum Gasteiger partial charge on any atom is -0.238 e. The van der Waals surface area contributed by atoms with E-state index in [4.69, 9.17) is 34.8 Å². The molecule has 16 heavy (non-hydrogen) atoms. The molecule has 0 N–H and O–H groups in total. The Labute approximate surface area is 119 Å². The Morgan fingerprint density at radius 2 is 1.94 bits per heavy atom. The van der Waals surface area contributed by atoms with Gasteiger partial charge < -0.3 is 0 Å². The van der Waals surface area contributed by atoms with Crippen LogP contribution in [0.3, 0.4) is 0 Å². The van der Waals surface area contributed by atoms with Crippen molar-refractivity contribution < 1.29 is 0 Å². The summed E-state index contributed by atoms with van der Waals surface area (Å²) in [6, 6.07) is 0. The van der Waals surface area contributed by atoms with Crippen molar-refractivity contribution in [3.8, 4) is 0 Å². The molecule has 0 atom stereocenters. The van der Waals surface area contributed by atoms with Gasteiger partial charge in [0, 0.05) is 6.54 Å². The highest BCUT2D eigenvalue weighted by Gasteiger charge is 2.30. The van der Waals surface area contributed by atoms with Crippen LogP contribution in [0.4, 0.5) is 0 Å². The van der Waals surface area contributed by atoms with E-state index in [2.05, 4.69) is 33.2 Å². The van der Waals surface area contributed by atoms with E-state index in [9.17, 15) is 0 Å². The molecule has 1 aromatic rings. The Bertz CT molecular complexity index is 335. The van der Waals surface area contributed by atoms with Crippen molar-refractivity contribution >= 4 is 50.7 Å². The van der Waals surface area contributed by atoms with Crippen molar-refractivity contribution in [1.82, 2.24) is 15.0 Å². The van der Waals surface area contributed by atoms with Gasteiger partial charge >= 0.3 is 0 Å². The van der Waals surface area contributed by atoms with Crippen molar-refractivity contribution in [2.24, 2.45) is 0 Å². The lowest BCUT2D eigenvalue weighted by atomic mass is 10.2. The number of hydrogen-bond acceptors (Lipinski definition) is 2. The molecule has 0 aliphatic heterocycles. The Kier molecular flexibility index (Phi) is 5.85. The summed E-state index contributed by atoms with van der Waals surface area (Å²) in [5.74, 6) is 0. The zero-order chi connectivity index (χ0) is 12.2. The first-order valence-electron chi connectivity index (χ1n) is 5.13. The zero-order valence-corrected chi connectivity index (χ0v) is 12.7. The van der Waals surface area contributed by atoms with E-state index in [0.29, 0.717) is 10.3 Å². The first-order chi connectivity index (χ1) is 7.46. The van der Waals surface area contributed by atoms with Gasteiger partial charge in [0.25, 0.3) is 0 Å². The Morgan fingerprint density at radius 1 is 1.25 bits per heavy atom. The highest BCUT2D eigenvalue weighted by molar-refractivity contribution is 9.10. The molecule has 0 fully saturated rings. The maximum atomic E-state index is 5.75. The molecule has 7 heteroatoms. The smallest absolute Gasteiger partial charge is 0.237 e. The summed E-state index contributed by atoms with van der Waals surface area (Å²) in [5, 5.41) is 7.80. The Morgan fingerprint density at radius 3 is 2.44 bits per heavy atom. The summed E-state index contributed by atoms with van der Waals surface area (Å²) in [7, 11) is 0. The minimum atomic E-state index is -1.53. The number of alkyl halides is 3. The predicted molar refractivity (Wildman–Crippen MR) is 71.1 cm³/mol. The number of halogens is 4. The average Bonchev–Trinajstić information content (AvgIpc) is 2.54. The summed E-state index contributed by atoms with van der Waals surface area (Å²) in [6.45, 7) is 2.96. The molecule has 0 spiro atoms. The van der Waals surface area contributed by atoms with Crippen LogP contribution in [0.25, 0.3) is 0 Å². The second-order valence-corrected chi connectivity index (χ2v) is 6.54. The van der Waals surface area contributed by atoms with Gasteiger partial charge in [-0.1, -0.05) is 66.2 Å². The molecular weight excluding hydrogens is 336 g/mol. The molecule has 0 aromatic carbocycles. The largest absolute Gasteiger partial charge is 0.238 e. The average molecular weight is 349 g/mol. The molecular formula is C9H13BrCl3N3. The molecule has 0 radical (unpaired) electrons. The van der Waals surface area contributed by atoms with Crippen molar-refractivity contribution in [3.63, 3.8) is 0 Å². The van der Waals surface area contributed by atoms with Crippen molar-refractivity contribution in [3.05, 3.63) is 10.3 Å². The SMILES string of the molecule is CCCCCCn1nnc(C(Cl)(Cl)Cl)c1Br. The molecule has 0 saturated heterocycles. The van der Waals surface area contributed by atoms with Gasteiger partial charge in [-0.05, 0) is 22.4 Å². The van der Waals surface area contributed by atoms with E-state index in [1.807, 2.05) is 0 Å². The fraction of sp³-hybridized carbons (Fsp3) is 0.778. The quantitative estimate of drug-likeness (QED) is 0.581. The lowest BCUT2D eigenvalue weighted by Crippen LogP contribution is -2.03. The maximum absolute atomic E-state index is 5.75. The molecule has 3 nitrogen and oxygen atoms in total. The van der Waals surface area contributed by atoms with Crippen LogP contribution in [0.15, 0.2) is 4.60 Å². The minimum absolute atomic E-state index is 0.341. The van der Waals surface area contributed by atoms with Crippen LogP contribution in [0, 0.1) is 0 Å². The molecule has 0 aliphatic rings. The molecule has 1 aromatic heterocycles. The Hall–Kier alpha value is 0.490. The number of rotatable bonds is 5. The van der Waals surface area contributed by atoms with Crippen LogP contribution in [0.1, 0.15) is 38.3 Å². The number of aryl methyl sites for hydroxylation is 1. The van der Waals surface area contributed by atoms with Crippen molar-refractivity contribution in [2.75, 3.05) is 0 Å². The van der Waals surface area contributed by atoms with Crippen LogP contribution in [-0.2, 0) is 10.3 Å². The Balaban J connectivity index is 2.59. The zero-order valence-electron chi connectivity index (χ0n) is 8.89. The third kappa shape index (κ3) is 4.06. The molecule has 92 valence electrons. The monoisotopic (exact) mass is 347 g/mol. The van der Waals surface area contributed by atoms with Gasteiger partial charge in [-0.15, -0.1) is 5.10 Å². The number of nitrogens with zero attached hydrogens (tertiary/aromatic N) is 3. The predicted octanol–water partition coefficient (Wildman–Crippen LogP) is 4.45. The molecule has 1 rings (SSSR count). The van der Waals surface area contributed by atoms with Crippen LogP contribution in [0.5, 0.6) is 0 Å². The molecule has 0 aliphatic carbocycles. The third-order valence-corrected chi connectivity index (χ3v) is 3.49. The van der Waals surface area contributed by atoms with Crippen LogP contribution < -0.4 is 0 Å². The van der Waals surface area contributed by atoms with Gasteiger partial charge in [0.15, 0.2) is 0 Å². The van der Waals surface area contributed by atoms with Gasteiger partial charge in [-0.3, -0.25) is 0 Å². The lowest BCUT2D eigenvalue weighted by Gasteiger charge is -2.07. The van der Waals surface area contributed by atoms with E-state index in [0.717, 1.165) is 13.0 Å². The second kappa shape index (κ2) is 6.43.